The zero-order valence-corrected chi connectivity index (χ0v) is 12.2. The van der Waals surface area contributed by atoms with E-state index < -0.39 is 0 Å². The molecule has 3 unspecified atom stereocenters. The predicted octanol–water partition coefficient (Wildman–Crippen LogP) is 3.24. The highest BCUT2D eigenvalue weighted by Gasteiger charge is 2.26. The minimum atomic E-state index is 0.256. The molecular weight excluding hydrogens is 254 g/mol. The highest BCUT2D eigenvalue weighted by atomic mass is 16.6. The van der Waals surface area contributed by atoms with Gasteiger partial charge in [-0.25, -0.2) is 0 Å². The van der Waals surface area contributed by atoms with Gasteiger partial charge in [-0.2, -0.15) is 0 Å². The third kappa shape index (κ3) is 2.65. The average molecular weight is 277 g/mol. The van der Waals surface area contributed by atoms with Gasteiger partial charge in [0.15, 0.2) is 11.5 Å². The van der Waals surface area contributed by atoms with Crippen LogP contribution in [-0.2, 0) is 0 Å². The molecule has 1 aliphatic heterocycles. The molecule has 0 bridgehead atoms. The maximum absolute atomic E-state index is 6.11. The highest BCUT2D eigenvalue weighted by Crippen LogP contribution is 2.40. The van der Waals surface area contributed by atoms with Crippen LogP contribution in [0.25, 0.3) is 0 Å². The number of ether oxygens (including phenoxy) is 3. The molecule has 2 aliphatic rings. The first-order valence-electron chi connectivity index (χ1n) is 7.49. The Bertz CT molecular complexity index is 489. The summed E-state index contributed by atoms with van der Waals surface area (Å²) in [6, 6.07) is 3.67. The summed E-state index contributed by atoms with van der Waals surface area (Å²) in [6.45, 7) is 5.77. The Labute approximate surface area is 120 Å². The summed E-state index contributed by atoms with van der Waals surface area (Å²) >= 11 is 0. The second-order valence-corrected chi connectivity index (χ2v) is 6.04. The first-order valence-corrected chi connectivity index (χ1v) is 7.49. The molecule has 4 heteroatoms. The summed E-state index contributed by atoms with van der Waals surface area (Å²) in [4.78, 5) is 0. The van der Waals surface area contributed by atoms with Crippen molar-refractivity contribution in [1.29, 1.82) is 0 Å². The number of anilines is 1. The fraction of sp³-hybridized carbons (Fsp3) is 0.625. The summed E-state index contributed by atoms with van der Waals surface area (Å²) in [5.41, 5.74) is 6.69. The van der Waals surface area contributed by atoms with E-state index >= 15 is 0 Å². The third-order valence-electron chi connectivity index (χ3n) is 4.52. The Morgan fingerprint density at radius 3 is 2.45 bits per heavy atom. The molecule has 1 aromatic carbocycles. The van der Waals surface area contributed by atoms with Crippen LogP contribution in [0, 0.1) is 11.8 Å². The van der Waals surface area contributed by atoms with Crippen LogP contribution in [0.15, 0.2) is 12.1 Å². The summed E-state index contributed by atoms with van der Waals surface area (Å²) in [6.07, 6.45) is 3.66. The molecule has 1 fully saturated rings. The molecule has 1 heterocycles. The SMILES string of the molecule is CC1CCC(Oc2cc3c(cc2N)OCCO3)CC1C. The molecule has 1 aliphatic carbocycles. The van der Waals surface area contributed by atoms with Gasteiger partial charge in [0, 0.05) is 12.1 Å². The lowest BCUT2D eigenvalue weighted by molar-refractivity contribution is 0.100. The van der Waals surface area contributed by atoms with E-state index in [1.807, 2.05) is 6.07 Å². The largest absolute Gasteiger partial charge is 0.488 e. The molecule has 20 heavy (non-hydrogen) atoms. The van der Waals surface area contributed by atoms with Crippen LogP contribution < -0.4 is 19.9 Å². The number of hydrogen-bond acceptors (Lipinski definition) is 4. The predicted molar refractivity (Wildman–Crippen MR) is 78.4 cm³/mol. The second kappa shape index (κ2) is 5.43. The van der Waals surface area contributed by atoms with E-state index in [2.05, 4.69) is 13.8 Å². The summed E-state index contributed by atoms with van der Waals surface area (Å²) in [5, 5.41) is 0. The Balaban J connectivity index is 1.74. The quantitative estimate of drug-likeness (QED) is 0.843. The van der Waals surface area contributed by atoms with E-state index in [0.29, 0.717) is 30.6 Å². The Morgan fingerprint density at radius 1 is 1.05 bits per heavy atom. The van der Waals surface area contributed by atoms with Crippen LogP contribution in [0.5, 0.6) is 17.2 Å². The molecule has 110 valence electrons. The minimum absolute atomic E-state index is 0.256. The number of rotatable bonds is 2. The normalized spacial score (nSPS) is 29.0. The van der Waals surface area contributed by atoms with Crippen molar-refractivity contribution in [2.75, 3.05) is 18.9 Å². The fourth-order valence-corrected chi connectivity index (χ4v) is 2.97. The third-order valence-corrected chi connectivity index (χ3v) is 4.52. The number of nitrogen functional groups attached to an aromatic ring is 1. The van der Waals surface area contributed by atoms with Gasteiger partial charge in [0.1, 0.15) is 19.0 Å². The number of benzene rings is 1. The first kappa shape index (κ1) is 13.4. The van der Waals surface area contributed by atoms with Gasteiger partial charge >= 0.3 is 0 Å². The van der Waals surface area contributed by atoms with E-state index in [0.717, 1.165) is 30.3 Å². The molecule has 2 N–H and O–H groups in total. The van der Waals surface area contributed by atoms with E-state index in [1.54, 1.807) is 6.07 Å². The Morgan fingerprint density at radius 2 is 1.75 bits per heavy atom. The van der Waals surface area contributed by atoms with Crippen molar-refractivity contribution in [3.05, 3.63) is 12.1 Å². The van der Waals surface area contributed by atoms with Crippen molar-refractivity contribution in [3.8, 4) is 17.2 Å². The van der Waals surface area contributed by atoms with Gasteiger partial charge in [0.25, 0.3) is 0 Å². The summed E-state index contributed by atoms with van der Waals surface area (Å²) in [7, 11) is 0. The van der Waals surface area contributed by atoms with E-state index in [9.17, 15) is 0 Å². The average Bonchev–Trinajstić information content (AvgIpc) is 2.44. The summed E-state index contributed by atoms with van der Waals surface area (Å²) < 4.78 is 17.2. The molecule has 0 radical (unpaired) electrons. The number of hydrogen-bond donors (Lipinski definition) is 1. The first-order chi connectivity index (χ1) is 9.63. The van der Waals surface area contributed by atoms with E-state index in [1.165, 1.54) is 6.42 Å². The maximum Gasteiger partial charge on any atom is 0.165 e. The second-order valence-electron chi connectivity index (χ2n) is 6.04. The van der Waals surface area contributed by atoms with Crippen LogP contribution in [0.2, 0.25) is 0 Å². The molecule has 3 rings (SSSR count). The molecule has 0 amide bonds. The van der Waals surface area contributed by atoms with Crippen molar-refractivity contribution in [1.82, 2.24) is 0 Å². The highest BCUT2D eigenvalue weighted by molar-refractivity contribution is 5.62. The van der Waals surface area contributed by atoms with Gasteiger partial charge in [-0.15, -0.1) is 0 Å². The molecular formula is C16H23NO3. The lowest BCUT2D eigenvalue weighted by Gasteiger charge is -2.32. The number of fused-ring (bicyclic) bond motifs is 1. The molecule has 1 saturated carbocycles. The van der Waals surface area contributed by atoms with Crippen molar-refractivity contribution >= 4 is 5.69 Å². The zero-order chi connectivity index (χ0) is 14.1. The van der Waals surface area contributed by atoms with Crippen LogP contribution in [-0.4, -0.2) is 19.3 Å². The van der Waals surface area contributed by atoms with Gasteiger partial charge in [-0.05, 0) is 31.1 Å². The summed E-state index contributed by atoms with van der Waals surface area (Å²) in [5.74, 6) is 3.66. The topological polar surface area (TPSA) is 53.7 Å². The zero-order valence-electron chi connectivity index (χ0n) is 12.2. The Hall–Kier alpha value is -1.58. The van der Waals surface area contributed by atoms with E-state index in [4.69, 9.17) is 19.9 Å². The van der Waals surface area contributed by atoms with Crippen molar-refractivity contribution < 1.29 is 14.2 Å². The van der Waals surface area contributed by atoms with Crippen LogP contribution in [0.1, 0.15) is 33.1 Å². The van der Waals surface area contributed by atoms with E-state index in [-0.39, 0.29) is 6.10 Å². The standard InChI is InChI=1S/C16H23NO3/c1-10-3-4-12(7-11(10)2)20-14-9-16-15(8-13(14)17)18-5-6-19-16/h8-12H,3-7,17H2,1-2H3. The fourth-order valence-electron chi connectivity index (χ4n) is 2.97. The van der Waals surface area contributed by atoms with Crippen molar-refractivity contribution in [2.24, 2.45) is 11.8 Å². The maximum atomic E-state index is 6.11. The lowest BCUT2D eigenvalue weighted by Crippen LogP contribution is -2.29. The molecule has 3 atom stereocenters. The smallest absolute Gasteiger partial charge is 0.165 e. The monoisotopic (exact) mass is 277 g/mol. The van der Waals surface area contributed by atoms with Gasteiger partial charge < -0.3 is 19.9 Å². The van der Waals surface area contributed by atoms with Crippen molar-refractivity contribution in [2.45, 2.75) is 39.2 Å². The van der Waals surface area contributed by atoms with Gasteiger partial charge in [0.2, 0.25) is 0 Å². The van der Waals surface area contributed by atoms with Crippen LogP contribution >= 0.6 is 0 Å². The minimum Gasteiger partial charge on any atom is -0.488 e. The molecule has 1 aromatic rings. The van der Waals surface area contributed by atoms with Crippen LogP contribution in [0.3, 0.4) is 0 Å². The number of nitrogens with two attached hydrogens (primary N) is 1. The van der Waals surface area contributed by atoms with Crippen LogP contribution in [0.4, 0.5) is 5.69 Å². The Kier molecular flexibility index (Phi) is 3.64. The molecule has 0 spiro atoms. The lowest BCUT2D eigenvalue weighted by atomic mass is 9.80. The van der Waals surface area contributed by atoms with Gasteiger partial charge in [-0.3, -0.25) is 0 Å². The molecule has 0 saturated heterocycles. The molecule has 0 aromatic heterocycles. The van der Waals surface area contributed by atoms with Gasteiger partial charge in [-0.1, -0.05) is 13.8 Å². The molecule has 4 nitrogen and oxygen atoms in total. The van der Waals surface area contributed by atoms with Crippen molar-refractivity contribution in [3.63, 3.8) is 0 Å². The van der Waals surface area contributed by atoms with Gasteiger partial charge in [0.05, 0.1) is 11.8 Å².